The van der Waals surface area contributed by atoms with Gasteiger partial charge in [-0.2, -0.15) is 0 Å². The van der Waals surface area contributed by atoms with Crippen molar-refractivity contribution >= 4 is 40.7 Å². The zero-order valence-electron chi connectivity index (χ0n) is 21.4. The van der Waals surface area contributed by atoms with Crippen LogP contribution in [0.15, 0.2) is 83.5 Å². The molecule has 3 aromatic rings. The minimum Gasteiger partial charge on any atom is -0.350 e. The molecule has 3 amide bonds. The van der Waals surface area contributed by atoms with Crippen LogP contribution in [-0.2, 0) is 16.1 Å². The Morgan fingerprint density at radius 3 is 2.11 bits per heavy atom. The van der Waals surface area contributed by atoms with Gasteiger partial charge < -0.3 is 10.2 Å². The quantitative estimate of drug-likeness (QED) is 0.470. The van der Waals surface area contributed by atoms with E-state index in [1.807, 2.05) is 43.0 Å². The summed E-state index contributed by atoms with van der Waals surface area (Å²) in [6, 6.07) is 22.7. The Labute approximate surface area is 227 Å². The fraction of sp³-hybridized carbons (Fsp3) is 0.233. The van der Waals surface area contributed by atoms with Crippen LogP contribution < -0.4 is 10.2 Å². The molecular weight excluding hydrogens is 500 g/mol. The monoisotopic (exact) mass is 528 g/mol. The molecule has 0 bridgehead atoms. The summed E-state index contributed by atoms with van der Waals surface area (Å²) in [7, 11) is 0. The molecule has 1 saturated heterocycles. The van der Waals surface area contributed by atoms with Crippen LogP contribution in [0.1, 0.15) is 27.0 Å². The van der Waals surface area contributed by atoms with Crippen LogP contribution >= 0.6 is 11.6 Å². The summed E-state index contributed by atoms with van der Waals surface area (Å²) in [6.07, 6.45) is 0. The van der Waals surface area contributed by atoms with Gasteiger partial charge in [-0.25, -0.2) is 4.90 Å². The molecule has 3 aromatic carbocycles. The predicted octanol–water partition coefficient (Wildman–Crippen LogP) is 4.70. The standard InChI is InChI=1S/C30H29ClN4O3/c1-20-16-21(2)18-25(17-20)35-29(37)26(31)27(30(35)38)32-24-10-8-23(9-11-24)28(36)34-14-12-33(13-15-34)19-22-6-4-3-5-7-22/h3-11,16-18,32H,12-15,19H2,1-2H3. The van der Waals surface area contributed by atoms with E-state index < -0.39 is 11.8 Å². The Morgan fingerprint density at radius 2 is 1.47 bits per heavy atom. The second-order valence-corrected chi connectivity index (χ2v) is 10.1. The fourth-order valence-electron chi connectivity index (χ4n) is 4.90. The highest BCUT2D eigenvalue weighted by atomic mass is 35.5. The van der Waals surface area contributed by atoms with E-state index >= 15 is 0 Å². The molecule has 0 unspecified atom stereocenters. The number of nitrogens with zero attached hydrogens (tertiary/aromatic N) is 3. The molecule has 38 heavy (non-hydrogen) atoms. The Bertz CT molecular complexity index is 1390. The van der Waals surface area contributed by atoms with E-state index in [0.717, 1.165) is 35.7 Å². The number of hydrogen-bond acceptors (Lipinski definition) is 5. The highest BCUT2D eigenvalue weighted by molar-refractivity contribution is 6.53. The van der Waals surface area contributed by atoms with Crippen molar-refractivity contribution in [2.75, 3.05) is 36.4 Å². The molecule has 2 aliphatic rings. The second kappa shape index (κ2) is 10.8. The van der Waals surface area contributed by atoms with Crippen molar-refractivity contribution < 1.29 is 14.4 Å². The molecule has 0 aromatic heterocycles. The summed E-state index contributed by atoms with van der Waals surface area (Å²) in [5, 5.41) is 2.81. The molecule has 0 radical (unpaired) electrons. The molecular formula is C30H29ClN4O3. The molecule has 0 saturated carbocycles. The number of carbonyl (C=O) groups excluding carboxylic acids is 3. The molecule has 5 rings (SSSR count). The van der Waals surface area contributed by atoms with Gasteiger partial charge >= 0.3 is 0 Å². The third-order valence-corrected chi connectivity index (χ3v) is 7.15. The molecule has 1 N–H and O–H groups in total. The van der Waals surface area contributed by atoms with Crippen molar-refractivity contribution in [1.29, 1.82) is 0 Å². The van der Waals surface area contributed by atoms with E-state index in [0.29, 0.717) is 30.0 Å². The first-order chi connectivity index (χ1) is 18.3. The Hall–Kier alpha value is -3.94. The lowest BCUT2D eigenvalue weighted by atomic mass is 10.1. The van der Waals surface area contributed by atoms with Gasteiger partial charge in [-0.05, 0) is 66.9 Å². The van der Waals surface area contributed by atoms with Gasteiger partial charge in [0.15, 0.2) is 0 Å². The van der Waals surface area contributed by atoms with E-state index in [4.69, 9.17) is 11.6 Å². The lowest BCUT2D eigenvalue weighted by Crippen LogP contribution is -2.48. The maximum absolute atomic E-state index is 13.1. The van der Waals surface area contributed by atoms with Crippen LogP contribution in [-0.4, -0.2) is 53.7 Å². The molecule has 8 heteroatoms. The molecule has 0 atom stereocenters. The van der Waals surface area contributed by atoms with Gasteiger partial charge in [-0.1, -0.05) is 48.0 Å². The van der Waals surface area contributed by atoms with E-state index in [9.17, 15) is 14.4 Å². The molecule has 0 spiro atoms. The molecule has 2 aliphatic heterocycles. The fourth-order valence-corrected chi connectivity index (χ4v) is 5.11. The van der Waals surface area contributed by atoms with Gasteiger partial charge in [0.2, 0.25) is 0 Å². The summed E-state index contributed by atoms with van der Waals surface area (Å²) in [5.41, 5.74) is 4.78. The zero-order chi connectivity index (χ0) is 26.8. The number of nitrogens with one attached hydrogen (secondary N) is 1. The van der Waals surface area contributed by atoms with Crippen LogP contribution in [0.5, 0.6) is 0 Å². The summed E-state index contributed by atoms with van der Waals surface area (Å²) < 4.78 is 0. The highest BCUT2D eigenvalue weighted by Crippen LogP contribution is 2.31. The first kappa shape index (κ1) is 25.7. The molecule has 7 nitrogen and oxygen atoms in total. The summed E-state index contributed by atoms with van der Waals surface area (Å²) in [4.78, 5) is 44.3. The van der Waals surface area contributed by atoms with Gasteiger partial charge in [-0.3, -0.25) is 19.3 Å². The Balaban J connectivity index is 1.21. The zero-order valence-corrected chi connectivity index (χ0v) is 22.2. The van der Waals surface area contributed by atoms with E-state index in [1.165, 1.54) is 5.56 Å². The maximum Gasteiger partial charge on any atom is 0.283 e. The van der Waals surface area contributed by atoms with E-state index in [-0.39, 0.29) is 16.6 Å². The molecule has 194 valence electrons. The average molecular weight is 529 g/mol. The summed E-state index contributed by atoms with van der Waals surface area (Å²) in [6.45, 7) is 7.66. The predicted molar refractivity (Wildman–Crippen MR) is 149 cm³/mol. The number of imide groups is 1. The number of amides is 3. The number of carbonyl (C=O) groups is 3. The Kier molecular flexibility index (Phi) is 7.31. The normalized spacial score (nSPS) is 16.4. The maximum atomic E-state index is 13.1. The van der Waals surface area contributed by atoms with E-state index in [1.54, 1.807) is 36.4 Å². The number of anilines is 2. The first-order valence-corrected chi connectivity index (χ1v) is 13.0. The van der Waals surface area contributed by atoms with Crippen molar-refractivity contribution in [3.05, 3.63) is 106 Å². The van der Waals surface area contributed by atoms with Crippen LogP contribution in [0, 0.1) is 13.8 Å². The second-order valence-electron chi connectivity index (χ2n) is 9.74. The number of rotatable bonds is 6. The number of piperazine rings is 1. The topological polar surface area (TPSA) is 73.0 Å². The first-order valence-electron chi connectivity index (χ1n) is 12.6. The average Bonchev–Trinajstić information content (AvgIpc) is 3.12. The Morgan fingerprint density at radius 1 is 0.842 bits per heavy atom. The number of benzene rings is 3. The van der Waals surface area contributed by atoms with Gasteiger partial charge in [0.1, 0.15) is 10.7 Å². The molecule has 0 aliphatic carbocycles. The largest absolute Gasteiger partial charge is 0.350 e. The molecule has 2 heterocycles. The minimum absolute atomic E-state index is 0.0180. The lowest BCUT2D eigenvalue weighted by molar-refractivity contribution is -0.120. The third-order valence-electron chi connectivity index (χ3n) is 6.80. The summed E-state index contributed by atoms with van der Waals surface area (Å²) >= 11 is 6.28. The van der Waals surface area contributed by atoms with Crippen molar-refractivity contribution in [3.63, 3.8) is 0 Å². The number of aryl methyl sites for hydroxylation is 2. The van der Waals surface area contributed by atoms with E-state index in [2.05, 4.69) is 22.3 Å². The van der Waals surface area contributed by atoms with Gasteiger partial charge in [0.05, 0.1) is 5.69 Å². The van der Waals surface area contributed by atoms with Crippen molar-refractivity contribution in [3.8, 4) is 0 Å². The van der Waals surface area contributed by atoms with Crippen molar-refractivity contribution in [2.45, 2.75) is 20.4 Å². The van der Waals surface area contributed by atoms with Crippen molar-refractivity contribution in [2.24, 2.45) is 0 Å². The number of hydrogen-bond donors (Lipinski definition) is 1. The van der Waals surface area contributed by atoms with Crippen molar-refractivity contribution in [1.82, 2.24) is 9.80 Å². The minimum atomic E-state index is -0.567. The van der Waals surface area contributed by atoms with Gasteiger partial charge in [0, 0.05) is 44.0 Å². The van der Waals surface area contributed by atoms with Crippen LogP contribution in [0.2, 0.25) is 0 Å². The SMILES string of the molecule is Cc1cc(C)cc(N2C(=O)C(Cl)=C(Nc3ccc(C(=O)N4CCN(Cc5ccccc5)CC4)cc3)C2=O)c1. The number of halogens is 1. The van der Waals surface area contributed by atoms with Gasteiger partial charge in [-0.15, -0.1) is 0 Å². The lowest BCUT2D eigenvalue weighted by Gasteiger charge is -2.34. The summed E-state index contributed by atoms with van der Waals surface area (Å²) in [5.74, 6) is -1.11. The van der Waals surface area contributed by atoms with Crippen LogP contribution in [0.3, 0.4) is 0 Å². The van der Waals surface area contributed by atoms with Crippen LogP contribution in [0.4, 0.5) is 11.4 Å². The smallest absolute Gasteiger partial charge is 0.283 e. The van der Waals surface area contributed by atoms with Crippen LogP contribution in [0.25, 0.3) is 0 Å². The molecule has 1 fully saturated rings. The third kappa shape index (κ3) is 5.35. The highest BCUT2D eigenvalue weighted by Gasteiger charge is 2.39. The van der Waals surface area contributed by atoms with Gasteiger partial charge in [0.25, 0.3) is 17.7 Å².